The van der Waals surface area contributed by atoms with E-state index in [-0.39, 0.29) is 12.2 Å². The number of anilines is 1. The Labute approximate surface area is 227 Å². The molecule has 8 heteroatoms. The molecule has 0 saturated carbocycles. The lowest BCUT2D eigenvalue weighted by Crippen LogP contribution is -2.46. The van der Waals surface area contributed by atoms with Gasteiger partial charge in [0.25, 0.3) is 0 Å². The second-order valence-corrected chi connectivity index (χ2v) is 9.65. The maximum Gasteiger partial charge on any atom is 0.306 e. The number of esters is 1. The fourth-order valence-electron chi connectivity index (χ4n) is 5.19. The van der Waals surface area contributed by atoms with Crippen LogP contribution in [0.5, 0.6) is 11.5 Å². The molecule has 1 saturated heterocycles. The Morgan fingerprint density at radius 3 is 2.41 bits per heavy atom. The van der Waals surface area contributed by atoms with Crippen molar-refractivity contribution in [1.82, 2.24) is 4.90 Å². The van der Waals surface area contributed by atoms with Gasteiger partial charge in [0, 0.05) is 37.9 Å². The monoisotopic (exact) mass is 528 g/mol. The largest absolute Gasteiger partial charge is 0.502 e. The molecule has 202 valence electrons. The molecular formula is C31H32N2O6. The van der Waals surface area contributed by atoms with E-state index in [4.69, 9.17) is 13.9 Å². The molecule has 0 spiro atoms. The van der Waals surface area contributed by atoms with Crippen LogP contribution in [0.1, 0.15) is 29.4 Å². The molecule has 39 heavy (non-hydrogen) atoms. The number of nitrogens with zero attached hydrogens (tertiary/aromatic N) is 2. The van der Waals surface area contributed by atoms with Gasteiger partial charge in [-0.05, 0) is 40.6 Å². The van der Waals surface area contributed by atoms with Crippen LogP contribution in [-0.2, 0) is 16.1 Å². The molecule has 0 amide bonds. The number of rotatable bonds is 8. The zero-order chi connectivity index (χ0) is 27.4. The first kappa shape index (κ1) is 26.3. The molecule has 1 fully saturated rings. The highest BCUT2D eigenvalue weighted by molar-refractivity contribution is 5.87. The fraction of sp³-hybridized carbons (Fsp3) is 0.290. The van der Waals surface area contributed by atoms with Gasteiger partial charge in [-0.1, -0.05) is 42.5 Å². The number of benzene rings is 3. The van der Waals surface area contributed by atoms with E-state index in [0.29, 0.717) is 12.3 Å². The van der Waals surface area contributed by atoms with Gasteiger partial charge in [-0.25, -0.2) is 0 Å². The fourth-order valence-corrected chi connectivity index (χ4v) is 5.19. The van der Waals surface area contributed by atoms with Crippen molar-refractivity contribution in [1.29, 1.82) is 0 Å². The van der Waals surface area contributed by atoms with Crippen molar-refractivity contribution in [3.63, 3.8) is 0 Å². The van der Waals surface area contributed by atoms with E-state index in [2.05, 4.69) is 21.9 Å². The smallest absolute Gasteiger partial charge is 0.306 e. The van der Waals surface area contributed by atoms with Gasteiger partial charge in [0.2, 0.25) is 11.2 Å². The molecule has 1 aromatic heterocycles. The molecule has 4 aromatic rings. The van der Waals surface area contributed by atoms with Crippen LogP contribution in [-0.4, -0.2) is 56.4 Å². The topological polar surface area (TPSA) is 92.5 Å². The van der Waals surface area contributed by atoms with Gasteiger partial charge < -0.3 is 23.9 Å². The Morgan fingerprint density at radius 1 is 0.974 bits per heavy atom. The maximum absolute atomic E-state index is 12.9. The Hall–Kier alpha value is -4.30. The summed E-state index contributed by atoms with van der Waals surface area (Å²) in [6, 6.07) is 22.9. The summed E-state index contributed by atoms with van der Waals surface area (Å²) in [6.45, 7) is 3.62. The molecule has 5 rings (SSSR count). The van der Waals surface area contributed by atoms with Gasteiger partial charge in [-0.3, -0.25) is 14.5 Å². The standard InChI is InChI=1S/C31H32N2O6/c1-37-23-12-10-22(11-13-23)33-16-14-32(15-17-33)20-24-18-28(34)30(36)31(39-24)27(19-29(35)38-2)26-9-5-7-21-6-3-4-8-25(21)26/h3-13,18,27,36H,14-17,19-20H2,1-2H3. The molecule has 1 unspecified atom stereocenters. The second kappa shape index (κ2) is 11.6. The summed E-state index contributed by atoms with van der Waals surface area (Å²) in [5.41, 5.74) is 1.38. The summed E-state index contributed by atoms with van der Waals surface area (Å²) in [7, 11) is 2.97. The van der Waals surface area contributed by atoms with Gasteiger partial charge >= 0.3 is 5.97 Å². The second-order valence-electron chi connectivity index (χ2n) is 9.65. The molecule has 8 nitrogen and oxygen atoms in total. The third-order valence-electron chi connectivity index (χ3n) is 7.30. The van der Waals surface area contributed by atoms with Crippen LogP contribution in [0.2, 0.25) is 0 Å². The predicted molar refractivity (Wildman–Crippen MR) is 150 cm³/mol. The average Bonchev–Trinajstić information content (AvgIpc) is 2.98. The third-order valence-corrected chi connectivity index (χ3v) is 7.30. The van der Waals surface area contributed by atoms with E-state index in [0.717, 1.165) is 54.0 Å². The summed E-state index contributed by atoms with van der Waals surface area (Å²) >= 11 is 0. The highest BCUT2D eigenvalue weighted by Crippen LogP contribution is 2.37. The Morgan fingerprint density at radius 2 is 1.69 bits per heavy atom. The first-order chi connectivity index (χ1) is 19.0. The lowest BCUT2D eigenvalue weighted by molar-refractivity contribution is -0.140. The minimum absolute atomic E-state index is 0.0784. The SMILES string of the molecule is COC(=O)CC(c1oc(CN2CCN(c3ccc(OC)cc3)CC2)cc(=O)c1O)c1cccc2ccccc12. The predicted octanol–water partition coefficient (Wildman–Crippen LogP) is 4.52. The number of hydrogen-bond donors (Lipinski definition) is 1. The van der Waals surface area contributed by atoms with Crippen LogP contribution in [0.4, 0.5) is 5.69 Å². The van der Waals surface area contributed by atoms with E-state index in [1.165, 1.54) is 13.2 Å². The Kier molecular flexibility index (Phi) is 7.84. The molecule has 0 radical (unpaired) electrons. The van der Waals surface area contributed by atoms with E-state index >= 15 is 0 Å². The van der Waals surface area contributed by atoms with Crippen molar-refractivity contribution in [2.24, 2.45) is 0 Å². The zero-order valence-electron chi connectivity index (χ0n) is 22.1. The lowest BCUT2D eigenvalue weighted by atomic mass is 9.88. The first-order valence-corrected chi connectivity index (χ1v) is 13.0. The number of aromatic hydroxyl groups is 1. The van der Waals surface area contributed by atoms with Crippen LogP contribution < -0.4 is 15.1 Å². The van der Waals surface area contributed by atoms with Gasteiger partial charge in [0.15, 0.2) is 5.76 Å². The van der Waals surface area contributed by atoms with Crippen molar-refractivity contribution in [3.8, 4) is 11.5 Å². The Bertz CT molecular complexity index is 1500. The van der Waals surface area contributed by atoms with Crippen LogP contribution in [0.3, 0.4) is 0 Å². The number of hydrogen-bond acceptors (Lipinski definition) is 8. The normalized spacial score (nSPS) is 14.8. The molecule has 1 N–H and O–H groups in total. The molecule has 1 atom stereocenters. The molecule has 1 aliphatic rings. The summed E-state index contributed by atoms with van der Waals surface area (Å²) in [5.74, 6) is -0.287. The number of carbonyl (C=O) groups excluding carboxylic acids is 1. The van der Waals surface area contributed by atoms with Gasteiger partial charge in [-0.15, -0.1) is 0 Å². The minimum atomic E-state index is -0.692. The van der Waals surface area contributed by atoms with E-state index in [9.17, 15) is 14.7 Å². The molecule has 1 aliphatic heterocycles. The number of ether oxygens (including phenoxy) is 2. The van der Waals surface area contributed by atoms with Crippen LogP contribution in [0.15, 0.2) is 82.0 Å². The summed E-state index contributed by atoms with van der Waals surface area (Å²) < 4.78 is 16.4. The highest BCUT2D eigenvalue weighted by Gasteiger charge is 2.28. The number of fused-ring (bicyclic) bond motifs is 1. The highest BCUT2D eigenvalue weighted by atomic mass is 16.5. The average molecular weight is 529 g/mol. The molecule has 0 aliphatic carbocycles. The number of methoxy groups -OCH3 is 2. The maximum atomic E-state index is 12.9. The van der Waals surface area contributed by atoms with E-state index < -0.39 is 23.1 Å². The number of piperazine rings is 1. The quantitative estimate of drug-likeness (QED) is 0.334. The lowest BCUT2D eigenvalue weighted by Gasteiger charge is -2.36. The molecule has 3 aromatic carbocycles. The van der Waals surface area contributed by atoms with Crippen molar-refractivity contribution in [2.45, 2.75) is 18.9 Å². The molecule has 2 heterocycles. The van der Waals surface area contributed by atoms with E-state index in [1.54, 1.807) is 7.11 Å². The van der Waals surface area contributed by atoms with Gasteiger partial charge in [0.1, 0.15) is 11.5 Å². The Balaban J connectivity index is 1.40. The first-order valence-electron chi connectivity index (χ1n) is 13.0. The van der Waals surface area contributed by atoms with Crippen molar-refractivity contribution < 1.29 is 23.8 Å². The van der Waals surface area contributed by atoms with Gasteiger partial charge in [-0.2, -0.15) is 0 Å². The molecule has 0 bridgehead atoms. The zero-order valence-corrected chi connectivity index (χ0v) is 22.1. The van der Waals surface area contributed by atoms with Crippen LogP contribution in [0, 0.1) is 0 Å². The van der Waals surface area contributed by atoms with Crippen molar-refractivity contribution in [3.05, 3.63) is 100 Å². The molecular weight excluding hydrogens is 496 g/mol. The van der Waals surface area contributed by atoms with Crippen LogP contribution in [0.25, 0.3) is 10.8 Å². The third kappa shape index (κ3) is 5.76. The number of carbonyl (C=O) groups is 1. The summed E-state index contributed by atoms with van der Waals surface area (Å²) in [6.07, 6.45) is -0.0784. The summed E-state index contributed by atoms with van der Waals surface area (Å²) in [4.78, 5) is 29.8. The van der Waals surface area contributed by atoms with Crippen LogP contribution >= 0.6 is 0 Å². The van der Waals surface area contributed by atoms with Gasteiger partial charge in [0.05, 0.1) is 33.1 Å². The van der Waals surface area contributed by atoms with Crippen molar-refractivity contribution >= 4 is 22.4 Å². The van der Waals surface area contributed by atoms with Crippen molar-refractivity contribution in [2.75, 3.05) is 45.3 Å². The summed E-state index contributed by atoms with van der Waals surface area (Å²) in [5, 5.41) is 12.7. The minimum Gasteiger partial charge on any atom is -0.502 e. The van der Waals surface area contributed by atoms with E-state index in [1.807, 2.05) is 54.6 Å².